The van der Waals surface area contributed by atoms with Crippen molar-refractivity contribution in [3.63, 3.8) is 0 Å². The topological polar surface area (TPSA) is 87.7 Å². The van der Waals surface area contributed by atoms with E-state index in [2.05, 4.69) is 10.0 Å². The molecule has 0 unspecified atom stereocenters. The Morgan fingerprint density at radius 2 is 1.92 bits per heavy atom. The minimum atomic E-state index is -3.45. The van der Waals surface area contributed by atoms with E-state index in [4.69, 9.17) is 4.74 Å². The lowest BCUT2D eigenvalue weighted by Crippen LogP contribution is -2.49. The third kappa shape index (κ3) is 6.96. The molecular formula is C16H25N3O4S. The summed E-state index contributed by atoms with van der Waals surface area (Å²) >= 11 is 0. The fourth-order valence-electron chi connectivity index (χ4n) is 2.39. The summed E-state index contributed by atoms with van der Waals surface area (Å²) in [7, 11) is -3.45. The molecule has 2 N–H and O–H groups in total. The zero-order chi connectivity index (χ0) is 17.3. The number of hydrogen-bond donors (Lipinski definition) is 2. The number of hydrogen-bond acceptors (Lipinski definition) is 5. The molecular weight excluding hydrogens is 330 g/mol. The minimum Gasteiger partial charge on any atom is -0.377 e. The van der Waals surface area contributed by atoms with E-state index in [1.807, 2.05) is 30.3 Å². The molecule has 1 aromatic rings. The Hall–Kier alpha value is -1.48. The van der Waals surface area contributed by atoms with E-state index in [1.54, 1.807) is 4.90 Å². The third-order valence-corrected chi connectivity index (χ3v) is 5.14. The van der Waals surface area contributed by atoms with E-state index in [1.165, 1.54) is 0 Å². The van der Waals surface area contributed by atoms with E-state index in [-0.39, 0.29) is 18.2 Å². The highest BCUT2D eigenvalue weighted by atomic mass is 32.2. The molecule has 0 aromatic heterocycles. The van der Waals surface area contributed by atoms with Crippen LogP contribution in [0.15, 0.2) is 30.3 Å². The lowest BCUT2D eigenvalue weighted by molar-refractivity contribution is -0.130. The predicted molar refractivity (Wildman–Crippen MR) is 92.0 cm³/mol. The first-order chi connectivity index (χ1) is 11.6. The Morgan fingerprint density at radius 3 is 2.62 bits per heavy atom. The normalized spacial score (nSPS) is 15.4. The number of nitrogens with one attached hydrogen (secondary N) is 2. The summed E-state index contributed by atoms with van der Waals surface area (Å²) in [5.74, 6) is -0.225. The summed E-state index contributed by atoms with van der Waals surface area (Å²) in [4.78, 5) is 13.6. The first-order valence-electron chi connectivity index (χ1n) is 8.14. The quantitative estimate of drug-likeness (QED) is 0.606. The van der Waals surface area contributed by atoms with Crippen LogP contribution in [-0.2, 0) is 26.2 Å². The van der Waals surface area contributed by atoms with Gasteiger partial charge in [0.15, 0.2) is 0 Å². The average molecular weight is 355 g/mol. The Bertz CT molecular complexity index is 601. The van der Waals surface area contributed by atoms with Gasteiger partial charge in [-0.2, -0.15) is 0 Å². The van der Waals surface area contributed by atoms with Gasteiger partial charge in [-0.15, -0.1) is 0 Å². The van der Waals surface area contributed by atoms with Gasteiger partial charge in [-0.3, -0.25) is 4.79 Å². The van der Waals surface area contributed by atoms with Crippen LogP contribution in [0, 0.1) is 0 Å². The molecule has 134 valence electrons. The fourth-order valence-corrected chi connectivity index (χ4v) is 3.37. The molecule has 0 radical (unpaired) electrons. The van der Waals surface area contributed by atoms with Gasteiger partial charge in [-0.1, -0.05) is 30.3 Å². The molecule has 0 spiro atoms. The van der Waals surface area contributed by atoms with Gasteiger partial charge in [-0.05, 0) is 12.0 Å². The molecule has 1 aromatic carbocycles. The van der Waals surface area contributed by atoms with Crippen molar-refractivity contribution in [2.45, 2.75) is 13.0 Å². The zero-order valence-corrected chi connectivity index (χ0v) is 14.6. The number of amides is 1. The fraction of sp³-hybridized carbons (Fsp3) is 0.562. The Kier molecular flexibility index (Phi) is 7.64. The van der Waals surface area contributed by atoms with Gasteiger partial charge in [0.25, 0.3) is 0 Å². The Morgan fingerprint density at radius 1 is 1.21 bits per heavy atom. The smallest absolute Gasteiger partial charge is 0.237 e. The van der Waals surface area contributed by atoms with Crippen LogP contribution >= 0.6 is 0 Å². The van der Waals surface area contributed by atoms with Crippen molar-refractivity contribution < 1.29 is 17.9 Å². The predicted octanol–water partition coefficient (Wildman–Crippen LogP) is -0.0555. The first-order valence-corrected chi connectivity index (χ1v) is 9.79. The molecule has 0 aliphatic carbocycles. The molecule has 24 heavy (non-hydrogen) atoms. The van der Waals surface area contributed by atoms with Crippen molar-refractivity contribution in [2.24, 2.45) is 0 Å². The number of carbonyl (C=O) groups is 1. The number of sulfonamides is 1. The second-order valence-corrected chi connectivity index (χ2v) is 7.59. The second-order valence-electron chi connectivity index (χ2n) is 5.66. The largest absolute Gasteiger partial charge is 0.377 e. The van der Waals surface area contributed by atoms with Gasteiger partial charge >= 0.3 is 0 Å². The highest BCUT2D eigenvalue weighted by Gasteiger charge is 2.18. The standard InChI is InChI=1S/C16H25N3O4S/c20-16(19-9-7-17-8-10-19)13-18-24(21,22)12-4-11-23-14-15-5-2-1-3-6-15/h1-3,5-6,17-18H,4,7-14H2. The van der Waals surface area contributed by atoms with Gasteiger partial charge in [0.1, 0.15) is 0 Å². The van der Waals surface area contributed by atoms with E-state index in [0.717, 1.165) is 18.7 Å². The van der Waals surface area contributed by atoms with Gasteiger partial charge in [-0.25, -0.2) is 13.1 Å². The number of nitrogens with zero attached hydrogens (tertiary/aromatic N) is 1. The monoisotopic (exact) mass is 355 g/mol. The van der Waals surface area contributed by atoms with Crippen molar-refractivity contribution in [2.75, 3.05) is 45.1 Å². The number of rotatable bonds is 9. The molecule has 1 aliphatic rings. The Labute approximate surface area is 143 Å². The molecule has 1 amide bonds. The van der Waals surface area contributed by atoms with Gasteiger partial charge in [0.2, 0.25) is 15.9 Å². The van der Waals surface area contributed by atoms with Crippen LogP contribution in [0.1, 0.15) is 12.0 Å². The summed E-state index contributed by atoms with van der Waals surface area (Å²) in [5.41, 5.74) is 1.06. The minimum absolute atomic E-state index is 0.0450. The lowest BCUT2D eigenvalue weighted by atomic mass is 10.2. The molecule has 1 fully saturated rings. The maximum atomic E-state index is 11.9. The van der Waals surface area contributed by atoms with E-state index in [9.17, 15) is 13.2 Å². The van der Waals surface area contributed by atoms with Gasteiger partial charge in [0.05, 0.1) is 18.9 Å². The van der Waals surface area contributed by atoms with E-state index < -0.39 is 10.0 Å². The summed E-state index contributed by atoms with van der Waals surface area (Å²) < 4.78 is 31.6. The van der Waals surface area contributed by atoms with Gasteiger partial charge < -0.3 is 15.0 Å². The molecule has 0 atom stereocenters. The second kappa shape index (κ2) is 9.73. The molecule has 0 saturated carbocycles. The van der Waals surface area contributed by atoms with Gasteiger partial charge in [0, 0.05) is 32.8 Å². The number of piperazine rings is 1. The molecule has 1 heterocycles. The number of ether oxygens (including phenoxy) is 1. The summed E-state index contributed by atoms with van der Waals surface area (Å²) in [5, 5.41) is 3.15. The van der Waals surface area contributed by atoms with Crippen molar-refractivity contribution >= 4 is 15.9 Å². The molecule has 0 bridgehead atoms. The van der Waals surface area contributed by atoms with Crippen molar-refractivity contribution in [1.29, 1.82) is 0 Å². The average Bonchev–Trinajstić information content (AvgIpc) is 2.61. The van der Waals surface area contributed by atoms with Crippen molar-refractivity contribution in [3.8, 4) is 0 Å². The van der Waals surface area contributed by atoms with Crippen LogP contribution in [0.5, 0.6) is 0 Å². The third-order valence-electron chi connectivity index (χ3n) is 3.73. The van der Waals surface area contributed by atoms with E-state index >= 15 is 0 Å². The molecule has 7 nitrogen and oxygen atoms in total. The number of carbonyl (C=O) groups excluding carboxylic acids is 1. The molecule has 8 heteroatoms. The van der Waals surface area contributed by atoms with Crippen LogP contribution in [-0.4, -0.2) is 64.3 Å². The van der Waals surface area contributed by atoms with Crippen molar-refractivity contribution in [3.05, 3.63) is 35.9 Å². The number of benzene rings is 1. The first kappa shape index (κ1) is 18.9. The summed E-state index contributed by atoms with van der Waals surface area (Å²) in [6.45, 7) is 3.39. The van der Waals surface area contributed by atoms with Crippen molar-refractivity contribution in [1.82, 2.24) is 14.9 Å². The van der Waals surface area contributed by atoms with Crippen LogP contribution in [0.3, 0.4) is 0 Å². The highest BCUT2D eigenvalue weighted by molar-refractivity contribution is 7.89. The molecule has 1 saturated heterocycles. The highest BCUT2D eigenvalue weighted by Crippen LogP contribution is 2.01. The van der Waals surface area contributed by atoms with E-state index in [0.29, 0.717) is 32.7 Å². The molecule has 1 aliphatic heterocycles. The maximum absolute atomic E-state index is 11.9. The molecule has 2 rings (SSSR count). The van der Waals surface area contributed by atoms with Crippen LogP contribution in [0.25, 0.3) is 0 Å². The maximum Gasteiger partial charge on any atom is 0.237 e. The van der Waals surface area contributed by atoms with Crippen LogP contribution < -0.4 is 10.0 Å². The lowest BCUT2D eigenvalue weighted by Gasteiger charge is -2.27. The zero-order valence-electron chi connectivity index (χ0n) is 13.7. The van der Waals surface area contributed by atoms with Crippen LogP contribution in [0.4, 0.5) is 0 Å². The SMILES string of the molecule is O=C(CNS(=O)(=O)CCCOCc1ccccc1)N1CCNCC1. The summed E-state index contributed by atoms with van der Waals surface area (Å²) in [6.07, 6.45) is 0.393. The Balaban J connectivity index is 1.59. The van der Waals surface area contributed by atoms with Crippen LogP contribution in [0.2, 0.25) is 0 Å². The summed E-state index contributed by atoms with van der Waals surface area (Å²) in [6, 6.07) is 9.72.